The van der Waals surface area contributed by atoms with Gasteiger partial charge in [-0.05, 0) is 37.5 Å². The van der Waals surface area contributed by atoms with Crippen LogP contribution in [0.2, 0.25) is 0 Å². The summed E-state index contributed by atoms with van der Waals surface area (Å²) >= 11 is 0. The third kappa shape index (κ3) is 4.94. The minimum absolute atomic E-state index is 0.122. The number of ether oxygens (including phenoxy) is 2. The Hall–Kier alpha value is -2.58. The number of aryl methyl sites for hydroxylation is 1. The van der Waals surface area contributed by atoms with E-state index in [4.69, 9.17) is 9.47 Å². The second kappa shape index (κ2) is 9.49. The number of amides is 1. The van der Waals surface area contributed by atoms with E-state index in [0.29, 0.717) is 37.4 Å². The summed E-state index contributed by atoms with van der Waals surface area (Å²) in [4.78, 5) is 12.8. The van der Waals surface area contributed by atoms with Crippen molar-refractivity contribution in [2.75, 3.05) is 27.3 Å². The summed E-state index contributed by atoms with van der Waals surface area (Å²) in [7, 11) is -0.782. The van der Waals surface area contributed by atoms with Crippen molar-refractivity contribution in [3.63, 3.8) is 0 Å². The van der Waals surface area contributed by atoms with Gasteiger partial charge in [0.25, 0.3) is 0 Å². The van der Waals surface area contributed by atoms with E-state index in [-0.39, 0.29) is 23.3 Å². The van der Waals surface area contributed by atoms with Crippen LogP contribution in [0.3, 0.4) is 0 Å². The van der Waals surface area contributed by atoms with Crippen LogP contribution in [0.1, 0.15) is 24.0 Å². The largest absolute Gasteiger partial charge is 0.493 e. The predicted molar refractivity (Wildman–Crippen MR) is 114 cm³/mol. The summed E-state index contributed by atoms with van der Waals surface area (Å²) in [5, 5.41) is 2.94. The molecule has 7 nitrogen and oxygen atoms in total. The van der Waals surface area contributed by atoms with Crippen molar-refractivity contribution in [3.8, 4) is 11.5 Å². The van der Waals surface area contributed by atoms with Crippen LogP contribution in [-0.4, -0.2) is 45.9 Å². The standard InChI is InChI=1S/C22H28N2O5S/c1-16-6-4-7-17(12-16)14-23-22(25)18-8-5-11-24(15-18)30(26,27)19-9-10-20(28-2)21(13-19)29-3/h4,6-7,9-10,12-13,18H,5,8,11,14-15H2,1-3H3,(H,23,25)/t18-/m1/s1. The Morgan fingerprint density at radius 3 is 2.60 bits per heavy atom. The Morgan fingerprint density at radius 2 is 1.90 bits per heavy atom. The monoisotopic (exact) mass is 432 g/mol. The molecule has 2 aromatic carbocycles. The molecule has 1 N–H and O–H groups in total. The first kappa shape index (κ1) is 22.1. The second-order valence-electron chi connectivity index (χ2n) is 7.43. The molecule has 1 amide bonds. The fraction of sp³-hybridized carbons (Fsp3) is 0.409. The zero-order valence-corrected chi connectivity index (χ0v) is 18.4. The molecule has 1 heterocycles. The number of nitrogens with zero attached hydrogens (tertiary/aromatic N) is 1. The van der Waals surface area contributed by atoms with E-state index in [1.54, 1.807) is 6.07 Å². The van der Waals surface area contributed by atoms with Gasteiger partial charge in [-0.3, -0.25) is 4.79 Å². The lowest BCUT2D eigenvalue weighted by molar-refractivity contribution is -0.126. The van der Waals surface area contributed by atoms with E-state index >= 15 is 0 Å². The van der Waals surface area contributed by atoms with Crippen molar-refractivity contribution in [2.24, 2.45) is 5.92 Å². The summed E-state index contributed by atoms with van der Waals surface area (Å²) in [5.74, 6) is 0.314. The lowest BCUT2D eigenvalue weighted by Gasteiger charge is -2.31. The van der Waals surface area contributed by atoms with Gasteiger partial charge in [-0.2, -0.15) is 4.31 Å². The van der Waals surface area contributed by atoms with Crippen LogP contribution >= 0.6 is 0 Å². The van der Waals surface area contributed by atoms with Crippen LogP contribution in [0, 0.1) is 12.8 Å². The second-order valence-corrected chi connectivity index (χ2v) is 9.36. The van der Waals surface area contributed by atoms with E-state index in [0.717, 1.165) is 11.1 Å². The van der Waals surface area contributed by atoms with Gasteiger partial charge in [-0.1, -0.05) is 29.8 Å². The Kier molecular flexibility index (Phi) is 6.99. The Morgan fingerprint density at radius 1 is 1.13 bits per heavy atom. The van der Waals surface area contributed by atoms with E-state index in [1.807, 2.05) is 31.2 Å². The molecule has 30 heavy (non-hydrogen) atoms. The first-order valence-corrected chi connectivity index (χ1v) is 11.3. The molecule has 0 radical (unpaired) electrons. The Labute approximate surface area is 178 Å². The topological polar surface area (TPSA) is 84.9 Å². The molecule has 3 rings (SSSR count). The van der Waals surface area contributed by atoms with Crippen molar-refractivity contribution in [2.45, 2.75) is 31.2 Å². The molecule has 0 aromatic heterocycles. The smallest absolute Gasteiger partial charge is 0.243 e. The SMILES string of the molecule is COc1ccc(S(=O)(=O)N2CCC[C@@H](C(=O)NCc3cccc(C)c3)C2)cc1OC. The van der Waals surface area contributed by atoms with Crippen molar-refractivity contribution >= 4 is 15.9 Å². The third-order valence-electron chi connectivity index (χ3n) is 5.30. The minimum Gasteiger partial charge on any atom is -0.493 e. The quantitative estimate of drug-likeness (QED) is 0.727. The zero-order chi connectivity index (χ0) is 21.7. The van der Waals surface area contributed by atoms with Gasteiger partial charge < -0.3 is 14.8 Å². The van der Waals surface area contributed by atoms with Gasteiger partial charge in [-0.15, -0.1) is 0 Å². The van der Waals surface area contributed by atoms with Crippen molar-refractivity contribution in [1.82, 2.24) is 9.62 Å². The Balaban J connectivity index is 1.69. The molecule has 1 aliphatic heterocycles. The van der Waals surface area contributed by atoms with Gasteiger partial charge in [0.15, 0.2) is 11.5 Å². The number of hydrogen-bond donors (Lipinski definition) is 1. The molecule has 8 heteroatoms. The molecule has 1 fully saturated rings. The van der Waals surface area contributed by atoms with Crippen LogP contribution in [-0.2, 0) is 21.4 Å². The van der Waals surface area contributed by atoms with Gasteiger partial charge in [0, 0.05) is 25.7 Å². The van der Waals surface area contributed by atoms with Crippen LogP contribution < -0.4 is 14.8 Å². The number of sulfonamides is 1. The van der Waals surface area contributed by atoms with E-state index < -0.39 is 10.0 Å². The van der Waals surface area contributed by atoms with E-state index in [9.17, 15) is 13.2 Å². The molecule has 1 saturated heterocycles. The summed E-state index contributed by atoms with van der Waals surface area (Å²) in [6, 6.07) is 12.5. The molecular formula is C22H28N2O5S. The lowest BCUT2D eigenvalue weighted by Crippen LogP contribution is -2.45. The Bertz CT molecular complexity index is 1010. The normalized spacial score (nSPS) is 17.4. The number of carbonyl (C=O) groups excluding carboxylic acids is 1. The van der Waals surface area contributed by atoms with Crippen LogP contribution in [0.15, 0.2) is 47.4 Å². The van der Waals surface area contributed by atoms with Gasteiger partial charge in [0.1, 0.15) is 0 Å². The van der Waals surface area contributed by atoms with Gasteiger partial charge in [0.05, 0.1) is 25.0 Å². The van der Waals surface area contributed by atoms with Crippen LogP contribution in [0.4, 0.5) is 0 Å². The number of rotatable bonds is 7. The van der Waals surface area contributed by atoms with Gasteiger partial charge in [-0.25, -0.2) is 8.42 Å². The maximum Gasteiger partial charge on any atom is 0.243 e. The third-order valence-corrected chi connectivity index (χ3v) is 7.16. The van der Waals surface area contributed by atoms with E-state index in [2.05, 4.69) is 5.32 Å². The molecule has 1 atom stereocenters. The fourth-order valence-electron chi connectivity index (χ4n) is 3.66. The number of hydrogen-bond acceptors (Lipinski definition) is 5. The average molecular weight is 433 g/mol. The predicted octanol–water partition coefficient (Wildman–Crippen LogP) is 2.73. The van der Waals surface area contributed by atoms with Gasteiger partial charge in [0.2, 0.25) is 15.9 Å². The fourth-order valence-corrected chi connectivity index (χ4v) is 5.20. The molecule has 0 spiro atoms. The molecule has 1 aliphatic rings. The zero-order valence-electron chi connectivity index (χ0n) is 17.6. The highest BCUT2D eigenvalue weighted by Gasteiger charge is 2.33. The number of carbonyl (C=O) groups is 1. The van der Waals surface area contributed by atoms with Crippen molar-refractivity contribution in [1.29, 1.82) is 0 Å². The summed E-state index contributed by atoms with van der Waals surface area (Å²) in [5.41, 5.74) is 2.15. The number of nitrogens with one attached hydrogen (secondary N) is 1. The van der Waals surface area contributed by atoms with Crippen molar-refractivity contribution < 1.29 is 22.7 Å². The highest BCUT2D eigenvalue weighted by Crippen LogP contribution is 2.32. The lowest BCUT2D eigenvalue weighted by atomic mass is 9.98. The molecular weight excluding hydrogens is 404 g/mol. The molecule has 0 unspecified atom stereocenters. The first-order valence-electron chi connectivity index (χ1n) is 9.90. The molecule has 2 aromatic rings. The highest BCUT2D eigenvalue weighted by molar-refractivity contribution is 7.89. The molecule has 162 valence electrons. The van der Waals surface area contributed by atoms with Crippen LogP contribution in [0.25, 0.3) is 0 Å². The maximum atomic E-state index is 13.1. The maximum absolute atomic E-state index is 13.1. The summed E-state index contributed by atoms with van der Waals surface area (Å²) < 4.78 is 38.1. The number of methoxy groups -OCH3 is 2. The summed E-state index contributed by atoms with van der Waals surface area (Å²) in [6.07, 6.45) is 1.30. The van der Waals surface area contributed by atoms with Crippen LogP contribution in [0.5, 0.6) is 11.5 Å². The minimum atomic E-state index is -3.74. The van der Waals surface area contributed by atoms with Gasteiger partial charge >= 0.3 is 0 Å². The number of piperidine rings is 1. The average Bonchev–Trinajstić information content (AvgIpc) is 2.77. The molecule has 0 saturated carbocycles. The van der Waals surface area contributed by atoms with E-state index in [1.165, 1.54) is 30.7 Å². The highest BCUT2D eigenvalue weighted by atomic mass is 32.2. The molecule has 0 aliphatic carbocycles. The molecule has 0 bridgehead atoms. The number of benzene rings is 2. The summed E-state index contributed by atoms with van der Waals surface area (Å²) in [6.45, 7) is 2.98. The van der Waals surface area contributed by atoms with Crippen molar-refractivity contribution in [3.05, 3.63) is 53.6 Å². The first-order chi connectivity index (χ1) is 14.3.